The molecule has 1 fully saturated rings. The molecule has 2 aliphatic carbocycles. The van der Waals surface area contributed by atoms with E-state index in [1.54, 1.807) is 36.7 Å². The molecule has 5 nitrogen and oxygen atoms in total. The van der Waals surface area contributed by atoms with Crippen LogP contribution in [0.25, 0.3) is 0 Å². The van der Waals surface area contributed by atoms with Gasteiger partial charge >= 0.3 is 5.97 Å². The molecule has 0 aromatic carbocycles. The zero-order valence-corrected chi connectivity index (χ0v) is 16.3. The Kier molecular flexibility index (Phi) is 7.22. The molecule has 1 aromatic heterocycles. The summed E-state index contributed by atoms with van der Waals surface area (Å²) in [4.78, 5) is 32.2. The van der Waals surface area contributed by atoms with Crippen LogP contribution in [0.15, 0.2) is 54.6 Å². The molecule has 0 saturated heterocycles. The molecule has 6 heteroatoms. The van der Waals surface area contributed by atoms with Crippen LogP contribution in [0.5, 0.6) is 0 Å². The van der Waals surface area contributed by atoms with Crippen LogP contribution in [-0.2, 0) is 11.2 Å². The highest BCUT2D eigenvalue weighted by molar-refractivity contribution is 5.99. The van der Waals surface area contributed by atoms with Crippen LogP contribution in [0.4, 0.5) is 4.39 Å². The van der Waals surface area contributed by atoms with Crippen molar-refractivity contribution in [2.24, 2.45) is 5.92 Å². The number of hydrogen-bond donors (Lipinski definition) is 1. The second-order valence-corrected chi connectivity index (χ2v) is 7.42. The summed E-state index contributed by atoms with van der Waals surface area (Å²) in [6.45, 7) is 0. The zero-order chi connectivity index (χ0) is 20.6. The summed E-state index contributed by atoms with van der Waals surface area (Å²) >= 11 is 0. The summed E-state index contributed by atoms with van der Waals surface area (Å²) in [5.41, 5.74) is 1.97. The monoisotopic (exact) mass is 396 g/mol. The molecule has 1 aromatic rings. The molecule has 152 valence electrons. The minimum Gasteiger partial charge on any atom is -0.481 e. The molecule has 1 unspecified atom stereocenters. The number of carboxylic acids is 1. The average molecular weight is 396 g/mol. The standard InChI is InChI=1S/C23H25FN2O3/c24-19-7-3-5-18(15-19)22-20(8-1-2-9-21(27)28)25-14-12-16(6-4-13-26-22)23(29)17-10-11-17/h3-7,12-14,17-18H,1-2,8-11,15H2,(H,27,28). The number of Topliss-reactive ketones (excluding diaryl/α,β-unsaturated/α-hetero) is 1. The molecule has 1 heterocycles. The first-order valence-corrected chi connectivity index (χ1v) is 10.0. The molecular weight excluding hydrogens is 371 g/mol. The number of allylic oxidation sites excluding steroid dienone is 4. The normalized spacial score (nSPS) is 18.0. The van der Waals surface area contributed by atoms with E-state index in [1.165, 1.54) is 6.08 Å². The van der Waals surface area contributed by atoms with E-state index in [2.05, 4.69) is 9.97 Å². The van der Waals surface area contributed by atoms with Gasteiger partial charge in [-0.3, -0.25) is 19.6 Å². The van der Waals surface area contributed by atoms with Crippen molar-refractivity contribution in [1.82, 2.24) is 9.97 Å². The lowest BCUT2D eigenvalue weighted by atomic mass is 9.93. The van der Waals surface area contributed by atoms with E-state index in [9.17, 15) is 14.0 Å². The largest absolute Gasteiger partial charge is 0.481 e. The molecule has 0 radical (unpaired) electrons. The lowest BCUT2D eigenvalue weighted by molar-refractivity contribution is -0.137. The van der Waals surface area contributed by atoms with Crippen molar-refractivity contribution >= 4 is 11.8 Å². The van der Waals surface area contributed by atoms with Crippen molar-refractivity contribution in [2.75, 3.05) is 0 Å². The van der Waals surface area contributed by atoms with E-state index < -0.39 is 5.97 Å². The van der Waals surface area contributed by atoms with Gasteiger partial charge < -0.3 is 5.11 Å². The predicted octanol–water partition coefficient (Wildman–Crippen LogP) is 4.89. The highest BCUT2D eigenvalue weighted by atomic mass is 19.1. The van der Waals surface area contributed by atoms with Gasteiger partial charge in [0.1, 0.15) is 5.83 Å². The molecular formula is C23H25FN2O3. The van der Waals surface area contributed by atoms with E-state index in [4.69, 9.17) is 5.11 Å². The van der Waals surface area contributed by atoms with Gasteiger partial charge in [-0.15, -0.1) is 0 Å². The average Bonchev–Trinajstić information content (AvgIpc) is 3.53. The van der Waals surface area contributed by atoms with E-state index in [0.717, 1.165) is 12.8 Å². The van der Waals surface area contributed by atoms with E-state index >= 15 is 0 Å². The fourth-order valence-electron chi connectivity index (χ4n) is 3.32. The third-order valence-corrected chi connectivity index (χ3v) is 5.03. The van der Waals surface area contributed by atoms with Gasteiger partial charge in [0, 0.05) is 42.6 Å². The number of aryl methyl sites for hydroxylation is 1. The zero-order valence-electron chi connectivity index (χ0n) is 16.3. The summed E-state index contributed by atoms with van der Waals surface area (Å²) < 4.78 is 13.8. The number of carbonyl (C=O) groups is 2. The van der Waals surface area contributed by atoms with Crippen LogP contribution < -0.4 is 0 Å². The van der Waals surface area contributed by atoms with Gasteiger partial charge in [0.2, 0.25) is 0 Å². The Morgan fingerprint density at radius 2 is 1.97 bits per heavy atom. The molecule has 1 saturated carbocycles. The van der Waals surface area contributed by atoms with Crippen molar-refractivity contribution in [1.29, 1.82) is 0 Å². The molecule has 0 bridgehead atoms. The van der Waals surface area contributed by atoms with E-state index in [0.29, 0.717) is 36.2 Å². The number of unbranched alkanes of at least 4 members (excludes halogenated alkanes) is 1. The second kappa shape index (κ2) is 10.0. The van der Waals surface area contributed by atoms with Crippen molar-refractivity contribution in [3.8, 4) is 0 Å². The fraction of sp³-hybridized carbons (Fsp3) is 0.391. The van der Waals surface area contributed by atoms with Gasteiger partial charge in [0.05, 0.1) is 11.4 Å². The van der Waals surface area contributed by atoms with Gasteiger partial charge in [-0.05, 0) is 56.4 Å². The third kappa shape index (κ3) is 6.31. The van der Waals surface area contributed by atoms with Crippen LogP contribution >= 0.6 is 0 Å². The summed E-state index contributed by atoms with van der Waals surface area (Å²) in [5.74, 6) is -1.03. The highest BCUT2D eigenvalue weighted by Gasteiger charge is 2.30. The first-order chi connectivity index (χ1) is 14.0. The number of carboxylic acid groups (broad SMARTS) is 1. The number of rotatable bonds is 8. The number of nitrogens with zero attached hydrogens (tertiary/aromatic N) is 2. The van der Waals surface area contributed by atoms with Crippen molar-refractivity contribution in [2.45, 2.75) is 50.9 Å². The van der Waals surface area contributed by atoms with Crippen LogP contribution in [0.2, 0.25) is 0 Å². The molecule has 0 aliphatic heterocycles. The molecule has 3 rings (SSSR count). The predicted molar refractivity (Wildman–Crippen MR) is 108 cm³/mol. The Morgan fingerprint density at radius 3 is 2.69 bits per heavy atom. The number of halogens is 1. The molecule has 1 N–H and O–H groups in total. The Bertz CT molecular complexity index is 889. The lowest BCUT2D eigenvalue weighted by Gasteiger charge is -2.16. The summed E-state index contributed by atoms with van der Waals surface area (Å²) in [5, 5.41) is 8.85. The van der Waals surface area contributed by atoms with Crippen LogP contribution in [0.3, 0.4) is 0 Å². The number of ketones is 1. The van der Waals surface area contributed by atoms with Gasteiger partial charge in [0.25, 0.3) is 0 Å². The van der Waals surface area contributed by atoms with Gasteiger partial charge in [0.15, 0.2) is 5.78 Å². The fourth-order valence-corrected chi connectivity index (χ4v) is 3.32. The second-order valence-electron chi connectivity index (χ2n) is 7.42. The van der Waals surface area contributed by atoms with Crippen molar-refractivity contribution < 1.29 is 19.1 Å². The maximum atomic E-state index is 13.8. The molecule has 0 spiro atoms. The van der Waals surface area contributed by atoms with Crippen molar-refractivity contribution in [3.63, 3.8) is 0 Å². The van der Waals surface area contributed by atoms with Crippen LogP contribution in [-0.4, -0.2) is 26.8 Å². The maximum Gasteiger partial charge on any atom is 0.303 e. The van der Waals surface area contributed by atoms with Gasteiger partial charge in [-0.1, -0.05) is 12.2 Å². The first-order valence-electron chi connectivity index (χ1n) is 10.0. The summed E-state index contributed by atoms with van der Waals surface area (Å²) in [6, 6.07) is 5.18. The smallest absolute Gasteiger partial charge is 0.303 e. The molecule has 1 atom stereocenters. The molecule has 2 aliphatic rings. The Hall–Kier alpha value is -2.89. The maximum absolute atomic E-state index is 13.8. The summed E-state index contributed by atoms with van der Waals surface area (Å²) in [6.07, 6.45) is 12.1. The first kappa shape index (κ1) is 20.8. The third-order valence-electron chi connectivity index (χ3n) is 5.03. The number of hydrogen-bond acceptors (Lipinski definition) is 4. The Morgan fingerprint density at radius 1 is 1.14 bits per heavy atom. The minimum absolute atomic E-state index is 0.0962. The summed E-state index contributed by atoms with van der Waals surface area (Å²) in [7, 11) is 0. The topological polar surface area (TPSA) is 80.1 Å². The molecule has 29 heavy (non-hydrogen) atoms. The van der Waals surface area contributed by atoms with Crippen molar-refractivity contribution in [3.05, 3.63) is 71.6 Å². The van der Waals surface area contributed by atoms with Crippen LogP contribution in [0, 0.1) is 5.92 Å². The lowest BCUT2D eigenvalue weighted by Crippen LogP contribution is -2.07. The Labute approximate surface area is 169 Å². The number of aromatic nitrogens is 2. The number of aliphatic carboxylic acids is 1. The SMILES string of the molecule is O=C(O)CCCCc1nccc(C(=O)C2CC2)cccnc1C1C=CC=C(F)C1. The minimum atomic E-state index is -0.828. The van der Waals surface area contributed by atoms with Gasteiger partial charge in [-0.25, -0.2) is 4.39 Å². The number of carbonyl (C=O) groups excluding carboxylic acids is 1. The quantitative estimate of drug-likeness (QED) is 0.500. The van der Waals surface area contributed by atoms with Crippen LogP contribution in [0.1, 0.15) is 66.2 Å². The van der Waals surface area contributed by atoms with Gasteiger partial charge in [-0.2, -0.15) is 0 Å². The highest BCUT2D eigenvalue weighted by Crippen LogP contribution is 2.32. The van der Waals surface area contributed by atoms with E-state index in [-0.39, 0.29) is 36.3 Å². The Balaban J connectivity index is 1.92. The van der Waals surface area contributed by atoms with E-state index in [1.807, 2.05) is 6.08 Å². The molecule has 0 amide bonds.